The van der Waals surface area contributed by atoms with Gasteiger partial charge in [-0.2, -0.15) is 0 Å². The summed E-state index contributed by atoms with van der Waals surface area (Å²) < 4.78 is 15.8. The van der Waals surface area contributed by atoms with Gasteiger partial charge in [0.15, 0.2) is 23.4 Å². The number of esters is 1. The minimum Gasteiger partial charge on any atom is -0.469 e. The molecule has 208 valence electrons. The van der Waals surface area contributed by atoms with Crippen LogP contribution in [0.3, 0.4) is 0 Å². The lowest BCUT2D eigenvalue weighted by Gasteiger charge is -2.40. The standard InChI is InChI=1S/C28H33N3O6S2/c1-3-4-11-28(18-32,31(16-21-7-5-12-38-21)17-22-8-6-13-39-22)30-27(34)29-23(15-26(33)35-2)20-9-10-24-25(14-20)37-19-36-24/h5-10,12-14,18,23H,3-4,11,15-17,19H2,1-2H3,(H2,29,30,34)/t23-,28+/m1/s1. The molecule has 0 saturated heterocycles. The van der Waals surface area contributed by atoms with Gasteiger partial charge >= 0.3 is 12.0 Å². The zero-order valence-corrected chi connectivity index (χ0v) is 23.6. The lowest BCUT2D eigenvalue weighted by molar-refractivity contribution is -0.141. The highest BCUT2D eigenvalue weighted by atomic mass is 32.1. The normalized spacial score (nSPS) is 14.4. The lowest BCUT2D eigenvalue weighted by atomic mass is 10.0. The maximum Gasteiger partial charge on any atom is 0.317 e. The zero-order chi connectivity index (χ0) is 27.7. The van der Waals surface area contributed by atoms with Gasteiger partial charge in [-0.15, -0.1) is 22.7 Å². The first kappa shape index (κ1) is 28.6. The Kier molecular flexibility index (Phi) is 9.96. The van der Waals surface area contributed by atoms with E-state index in [1.54, 1.807) is 40.9 Å². The Bertz CT molecular complexity index is 1200. The van der Waals surface area contributed by atoms with E-state index in [1.165, 1.54) is 7.11 Å². The Labute approximate surface area is 236 Å². The molecule has 0 spiro atoms. The molecule has 0 radical (unpaired) electrons. The molecule has 0 bridgehead atoms. The maximum atomic E-state index is 13.6. The van der Waals surface area contributed by atoms with Gasteiger partial charge < -0.3 is 24.8 Å². The number of fused-ring (bicyclic) bond motifs is 1. The topological polar surface area (TPSA) is 106 Å². The fourth-order valence-corrected chi connectivity index (χ4v) is 5.89. The Morgan fingerprint density at radius 2 is 1.79 bits per heavy atom. The molecule has 2 aromatic heterocycles. The summed E-state index contributed by atoms with van der Waals surface area (Å²) in [5, 5.41) is 9.89. The average molecular weight is 572 g/mol. The number of aldehydes is 1. The Hall–Kier alpha value is -3.41. The molecule has 11 heteroatoms. The number of amides is 2. The fourth-order valence-electron chi connectivity index (χ4n) is 4.45. The second-order valence-corrected chi connectivity index (χ2v) is 11.3. The second kappa shape index (κ2) is 13.6. The van der Waals surface area contributed by atoms with Crippen LogP contribution in [0.5, 0.6) is 11.5 Å². The number of methoxy groups -OCH3 is 1. The molecule has 1 aliphatic heterocycles. The largest absolute Gasteiger partial charge is 0.469 e. The number of nitrogens with zero attached hydrogens (tertiary/aromatic N) is 1. The Balaban J connectivity index is 1.60. The summed E-state index contributed by atoms with van der Waals surface area (Å²) in [6, 6.07) is 12.0. The molecule has 0 fully saturated rings. The van der Waals surface area contributed by atoms with Crippen molar-refractivity contribution in [1.82, 2.24) is 15.5 Å². The van der Waals surface area contributed by atoms with E-state index in [4.69, 9.17) is 14.2 Å². The number of ether oxygens (including phenoxy) is 3. The quantitative estimate of drug-likeness (QED) is 0.155. The van der Waals surface area contributed by atoms with E-state index in [0.29, 0.717) is 36.6 Å². The van der Waals surface area contributed by atoms with Crippen LogP contribution in [0.2, 0.25) is 0 Å². The van der Waals surface area contributed by atoms with Gasteiger partial charge in [0.2, 0.25) is 6.79 Å². The van der Waals surface area contributed by atoms with Crippen molar-refractivity contribution < 1.29 is 28.6 Å². The highest BCUT2D eigenvalue weighted by Crippen LogP contribution is 2.35. The molecule has 1 aromatic carbocycles. The van der Waals surface area contributed by atoms with Crippen molar-refractivity contribution in [3.63, 3.8) is 0 Å². The van der Waals surface area contributed by atoms with E-state index in [0.717, 1.165) is 28.9 Å². The van der Waals surface area contributed by atoms with Crippen molar-refractivity contribution in [3.05, 3.63) is 68.5 Å². The number of carbonyl (C=O) groups excluding carboxylic acids is 3. The van der Waals surface area contributed by atoms with Crippen molar-refractivity contribution in [1.29, 1.82) is 0 Å². The summed E-state index contributed by atoms with van der Waals surface area (Å²) in [7, 11) is 1.30. The van der Waals surface area contributed by atoms with Crippen molar-refractivity contribution >= 4 is 41.0 Å². The van der Waals surface area contributed by atoms with Gasteiger partial charge in [-0.25, -0.2) is 4.79 Å². The number of urea groups is 1. The van der Waals surface area contributed by atoms with E-state index < -0.39 is 23.7 Å². The highest BCUT2D eigenvalue weighted by molar-refractivity contribution is 7.10. The Morgan fingerprint density at radius 3 is 2.38 bits per heavy atom. The van der Waals surface area contributed by atoms with Crippen LogP contribution in [-0.4, -0.2) is 42.8 Å². The van der Waals surface area contributed by atoms with Crippen molar-refractivity contribution in [2.45, 2.75) is 57.4 Å². The van der Waals surface area contributed by atoms with Crippen LogP contribution < -0.4 is 20.1 Å². The minimum atomic E-state index is -1.27. The first-order valence-corrected chi connectivity index (χ1v) is 14.5. The third-order valence-corrected chi connectivity index (χ3v) is 8.28. The number of rotatable bonds is 14. The first-order chi connectivity index (χ1) is 19.0. The van der Waals surface area contributed by atoms with E-state index in [2.05, 4.69) is 10.6 Å². The fraction of sp³-hybridized carbons (Fsp3) is 0.393. The molecule has 0 saturated carbocycles. The third-order valence-electron chi connectivity index (χ3n) is 6.56. The van der Waals surface area contributed by atoms with Crippen LogP contribution in [0.25, 0.3) is 0 Å². The van der Waals surface area contributed by atoms with E-state index >= 15 is 0 Å². The molecule has 2 atom stereocenters. The van der Waals surface area contributed by atoms with Gasteiger partial charge in [0.25, 0.3) is 0 Å². The zero-order valence-electron chi connectivity index (χ0n) is 22.0. The van der Waals surface area contributed by atoms with Gasteiger partial charge in [0.1, 0.15) is 0 Å². The predicted molar refractivity (Wildman–Crippen MR) is 150 cm³/mol. The summed E-state index contributed by atoms with van der Waals surface area (Å²) in [5.74, 6) is 0.646. The van der Waals surface area contributed by atoms with Crippen LogP contribution in [0.4, 0.5) is 4.79 Å². The van der Waals surface area contributed by atoms with Gasteiger partial charge in [-0.1, -0.05) is 31.5 Å². The van der Waals surface area contributed by atoms with Crippen LogP contribution in [0.1, 0.15) is 54.0 Å². The van der Waals surface area contributed by atoms with Crippen LogP contribution in [0, 0.1) is 0 Å². The first-order valence-electron chi connectivity index (χ1n) is 12.8. The van der Waals surface area contributed by atoms with E-state index in [9.17, 15) is 14.4 Å². The van der Waals surface area contributed by atoms with Crippen molar-refractivity contribution in [2.75, 3.05) is 13.9 Å². The third kappa shape index (κ3) is 7.37. The van der Waals surface area contributed by atoms with Gasteiger partial charge in [-0.05, 0) is 53.4 Å². The summed E-state index contributed by atoms with van der Waals surface area (Å²) >= 11 is 3.21. The van der Waals surface area contributed by atoms with Gasteiger partial charge in [0, 0.05) is 22.8 Å². The van der Waals surface area contributed by atoms with Crippen LogP contribution in [-0.2, 0) is 27.4 Å². The molecule has 2 N–H and O–H groups in total. The number of thiophene rings is 2. The molecule has 0 unspecified atom stereocenters. The van der Waals surface area contributed by atoms with Gasteiger partial charge in [-0.3, -0.25) is 14.5 Å². The number of nitrogens with one attached hydrogen (secondary N) is 2. The SMILES string of the molecule is CCCC[C@](C=O)(NC(=O)N[C@H](CC(=O)OC)c1ccc2c(c1)OCO2)N(Cc1cccs1)Cc1cccs1. The van der Waals surface area contributed by atoms with Gasteiger partial charge in [0.05, 0.1) is 19.6 Å². The number of benzene rings is 1. The smallest absolute Gasteiger partial charge is 0.317 e. The molecule has 3 heterocycles. The van der Waals surface area contributed by atoms with E-state index in [-0.39, 0.29) is 13.2 Å². The molecule has 2 amide bonds. The number of carbonyl (C=O) groups is 3. The van der Waals surface area contributed by atoms with E-state index in [1.807, 2.05) is 46.8 Å². The molecule has 39 heavy (non-hydrogen) atoms. The number of hydrogen-bond donors (Lipinski definition) is 2. The molecular weight excluding hydrogens is 538 g/mol. The average Bonchev–Trinajstić information content (AvgIpc) is 3.73. The van der Waals surface area contributed by atoms with Crippen molar-refractivity contribution in [3.8, 4) is 11.5 Å². The summed E-state index contributed by atoms with van der Waals surface area (Å²) in [5.41, 5.74) is -0.613. The monoisotopic (exact) mass is 571 g/mol. The maximum absolute atomic E-state index is 13.6. The second-order valence-electron chi connectivity index (χ2n) is 9.20. The molecule has 4 rings (SSSR count). The Morgan fingerprint density at radius 1 is 1.10 bits per heavy atom. The lowest BCUT2D eigenvalue weighted by Crippen LogP contribution is -2.63. The summed E-state index contributed by atoms with van der Waals surface area (Å²) in [6.07, 6.45) is 2.76. The number of hydrogen-bond acceptors (Lipinski definition) is 9. The summed E-state index contributed by atoms with van der Waals surface area (Å²) in [4.78, 5) is 42.9. The predicted octanol–water partition coefficient (Wildman–Crippen LogP) is 5.23. The molecule has 9 nitrogen and oxygen atoms in total. The molecule has 3 aromatic rings. The molecule has 1 aliphatic rings. The number of unbranched alkanes of at least 4 members (excludes halogenated alkanes) is 1. The minimum absolute atomic E-state index is 0.0965. The molecule has 0 aliphatic carbocycles. The summed E-state index contributed by atoms with van der Waals surface area (Å²) in [6.45, 7) is 3.14. The molecular formula is C28H33N3O6S2. The van der Waals surface area contributed by atoms with Crippen LogP contribution in [0.15, 0.2) is 53.2 Å². The van der Waals surface area contributed by atoms with Crippen molar-refractivity contribution in [2.24, 2.45) is 0 Å². The van der Waals surface area contributed by atoms with Crippen LogP contribution >= 0.6 is 22.7 Å². The highest BCUT2D eigenvalue weighted by Gasteiger charge is 2.39.